The number of pyridine rings is 3. The Labute approximate surface area is 636 Å². The van der Waals surface area contributed by atoms with Crippen molar-refractivity contribution in [1.29, 1.82) is 0 Å². The quantitative estimate of drug-likeness (QED) is 0.152. The molecule has 0 N–H and O–H groups in total. The molecule has 0 amide bonds. The fraction of sp³-hybridized carbons (Fsp3) is 0.330. The van der Waals surface area contributed by atoms with Crippen LogP contribution in [0.15, 0.2) is 250 Å². The van der Waals surface area contributed by atoms with E-state index in [0.29, 0.717) is 5.92 Å². The van der Waals surface area contributed by atoms with Gasteiger partial charge in [-0.05, 0) is 69.0 Å². The zero-order valence-electron chi connectivity index (χ0n) is 67.6. The fourth-order valence-electron chi connectivity index (χ4n) is 11.7. The van der Waals surface area contributed by atoms with E-state index < -0.39 is 0 Å². The van der Waals surface area contributed by atoms with E-state index in [1.165, 1.54) is 59.9 Å². The van der Waals surface area contributed by atoms with E-state index >= 15 is 0 Å². The van der Waals surface area contributed by atoms with Crippen molar-refractivity contribution in [3.8, 4) is 0 Å². The van der Waals surface area contributed by atoms with Gasteiger partial charge in [0.15, 0.2) is 0 Å². The van der Waals surface area contributed by atoms with Crippen LogP contribution in [0, 0.1) is 0 Å². The van der Waals surface area contributed by atoms with E-state index in [9.17, 15) is 0 Å². The van der Waals surface area contributed by atoms with Gasteiger partial charge in [-0.1, -0.05) is 317 Å². The minimum absolute atomic E-state index is 0.0179. The van der Waals surface area contributed by atoms with Crippen LogP contribution in [0.25, 0.3) is 75.7 Å². The lowest BCUT2D eigenvalue weighted by Gasteiger charge is -2.20. The highest BCUT2D eigenvalue weighted by Crippen LogP contribution is 2.33. The molecule has 0 bridgehead atoms. The van der Waals surface area contributed by atoms with Gasteiger partial charge in [0.05, 0.1) is 52.4 Å². The van der Waals surface area contributed by atoms with Crippen LogP contribution < -0.4 is 0 Å². The van der Waals surface area contributed by atoms with E-state index in [2.05, 4.69) is 334 Å². The number of hydrogen-bond donors (Lipinski definition) is 0. The third-order valence-electron chi connectivity index (χ3n) is 17.5. The van der Waals surface area contributed by atoms with Crippen molar-refractivity contribution in [2.24, 2.45) is 0 Å². The predicted octanol–water partition coefficient (Wildman–Crippen LogP) is 23.9. The molecule has 0 aliphatic heterocycles. The zero-order chi connectivity index (χ0) is 78.0. The second-order valence-electron chi connectivity index (χ2n) is 34.3. The molecule has 13 heteroatoms. The number of benzene rings is 7. The lowest BCUT2D eigenvalue weighted by atomic mass is 9.85. The van der Waals surface area contributed by atoms with Crippen LogP contribution >= 0.6 is 0 Å². The summed E-state index contributed by atoms with van der Waals surface area (Å²) >= 11 is 0. The number of para-hydroxylation sites is 2. The van der Waals surface area contributed by atoms with E-state index in [1.807, 2.05) is 122 Å². The summed E-state index contributed by atoms with van der Waals surface area (Å²) in [6, 6.07) is 64.0. The number of rotatable bonds is 1. The molecule has 8 heterocycles. The van der Waals surface area contributed by atoms with Crippen LogP contribution in [0.5, 0.6) is 0 Å². The van der Waals surface area contributed by atoms with Crippen LogP contribution in [-0.4, -0.2) is 65.5 Å². The molecule has 552 valence electrons. The SMILES string of the molecule is CC(C)(C)c1cc2ccccc2cn1.CC(C)(C)c1cncc2ccccc12.CC(C)(C)c1ncc2ccccc2n1.CC(C)(C)c1nccc2ccccc12.CC(C)(C)c1ncnc2ccccc12.CC(C)(C)c1nncc2ccccc12.CC(C)(C)c1nncc2ccccc12.CC(C)c1ccnnc1. The Kier molecular flexibility index (Phi) is 27.2. The Balaban J connectivity index is 0.000000155. The first-order valence-electron chi connectivity index (χ1n) is 37.0. The molecule has 0 fully saturated rings. The van der Waals surface area contributed by atoms with E-state index in [4.69, 9.17) is 0 Å². The second-order valence-corrected chi connectivity index (χ2v) is 34.3. The van der Waals surface area contributed by atoms with Crippen LogP contribution in [0.4, 0.5) is 0 Å². The first-order chi connectivity index (χ1) is 50.4. The van der Waals surface area contributed by atoms with Crippen molar-refractivity contribution in [1.82, 2.24) is 65.5 Å². The monoisotopic (exact) mass is 1420 g/mol. The lowest BCUT2D eigenvalue weighted by Crippen LogP contribution is -2.15. The van der Waals surface area contributed by atoms with Gasteiger partial charge in [0.25, 0.3) is 0 Å². The topological polar surface area (TPSA) is 168 Å². The van der Waals surface area contributed by atoms with Crippen molar-refractivity contribution in [3.63, 3.8) is 0 Å². The molecule has 0 radical (unpaired) electrons. The van der Waals surface area contributed by atoms with Gasteiger partial charge in [-0.25, -0.2) is 19.9 Å². The van der Waals surface area contributed by atoms with Crippen molar-refractivity contribution >= 4 is 75.7 Å². The maximum absolute atomic E-state index is 4.54. The van der Waals surface area contributed by atoms with Crippen molar-refractivity contribution in [3.05, 3.63) is 296 Å². The molecule has 0 aliphatic rings. The summed E-state index contributed by atoms with van der Waals surface area (Å²) in [6.45, 7) is 49.9. The standard InChI is InChI=1S/3C13H15N.4C12H14N2.C7H10N2/c1-13(2,3)12-9-14-8-10-6-4-5-7-11(10)12;1-13(2,3)12-8-10-6-4-5-7-11(10)9-14-12;1-13(2,3)12-11-7-5-4-6-10(11)8-9-14-12;1-12(2,3)11-9-6-4-5-7-10(9)13-8-14-11;1-12(2,3)11-13-8-9-6-4-5-7-10(9)14-11;2*1-12(2,3)11-10-7-5-4-6-9(10)8-13-14-11;1-6(2)7-3-4-8-9-5-7/h3*4-9H,1-3H3;4*4-8H,1-3H3;3-6H,1-2H3. The highest BCUT2D eigenvalue weighted by Gasteiger charge is 2.23. The maximum Gasteiger partial charge on any atom is 0.134 e. The Hall–Kier alpha value is -10.8. The molecule has 0 saturated heterocycles. The van der Waals surface area contributed by atoms with Crippen LogP contribution in [0.2, 0.25) is 0 Å². The molecule has 0 spiro atoms. The molecular formula is C94H111N13. The fourth-order valence-corrected chi connectivity index (χ4v) is 11.7. The first kappa shape index (κ1) is 81.9. The Morgan fingerprint density at radius 1 is 0.271 bits per heavy atom. The molecular weight excluding hydrogens is 1310 g/mol. The van der Waals surface area contributed by atoms with Gasteiger partial charge in [0, 0.05) is 124 Å². The molecule has 0 saturated carbocycles. The van der Waals surface area contributed by atoms with E-state index in [1.54, 1.807) is 18.7 Å². The molecule has 15 aromatic rings. The highest BCUT2D eigenvalue weighted by molar-refractivity contribution is 5.88. The maximum atomic E-state index is 4.54. The summed E-state index contributed by atoms with van der Waals surface area (Å²) in [6.07, 6.45) is 18.4. The van der Waals surface area contributed by atoms with Crippen LogP contribution in [0.3, 0.4) is 0 Å². The molecule has 107 heavy (non-hydrogen) atoms. The summed E-state index contributed by atoms with van der Waals surface area (Å²) in [5, 5.41) is 38.5. The number of fused-ring (bicyclic) bond motifs is 7. The molecule has 15 rings (SSSR count). The average Bonchev–Trinajstić information content (AvgIpc) is 0.823. The zero-order valence-corrected chi connectivity index (χ0v) is 67.6. The second kappa shape index (κ2) is 35.5. The summed E-state index contributed by atoms with van der Waals surface area (Å²) < 4.78 is 0. The third-order valence-corrected chi connectivity index (χ3v) is 17.5. The van der Waals surface area contributed by atoms with E-state index in [0.717, 1.165) is 61.2 Å². The third kappa shape index (κ3) is 23.4. The minimum Gasteiger partial charge on any atom is -0.264 e. The van der Waals surface area contributed by atoms with E-state index in [-0.39, 0.29) is 37.9 Å². The normalized spacial score (nSPS) is 11.8. The predicted molar refractivity (Wildman–Crippen MR) is 450 cm³/mol. The summed E-state index contributed by atoms with van der Waals surface area (Å²) in [5.74, 6) is 1.46. The first-order valence-corrected chi connectivity index (χ1v) is 37.0. The van der Waals surface area contributed by atoms with Gasteiger partial charge in [-0.2, -0.15) is 30.6 Å². The number of nitrogens with zero attached hydrogens (tertiary/aromatic N) is 13. The molecule has 13 nitrogen and oxygen atoms in total. The molecule has 0 atom stereocenters. The van der Waals surface area contributed by atoms with Gasteiger partial charge >= 0.3 is 0 Å². The Morgan fingerprint density at radius 2 is 0.710 bits per heavy atom. The average molecular weight is 1420 g/mol. The Morgan fingerprint density at radius 3 is 1.20 bits per heavy atom. The van der Waals surface area contributed by atoms with Crippen LogP contribution in [0.1, 0.15) is 211 Å². The van der Waals surface area contributed by atoms with Gasteiger partial charge in [0.1, 0.15) is 12.2 Å². The summed E-state index contributed by atoms with van der Waals surface area (Å²) in [7, 11) is 0. The van der Waals surface area contributed by atoms with Crippen LogP contribution in [-0.2, 0) is 37.9 Å². The van der Waals surface area contributed by atoms with Gasteiger partial charge in [0.2, 0.25) is 0 Å². The molecule has 7 aromatic carbocycles. The number of hydrogen-bond acceptors (Lipinski definition) is 13. The summed E-state index contributed by atoms with van der Waals surface area (Å²) in [4.78, 5) is 30.7. The highest BCUT2D eigenvalue weighted by atomic mass is 15.1. The van der Waals surface area contributed by atoms with Crippen molar-refractivity contribution in [2.45, 2.75) is 203 Å². The molecule has 0 unspecified atom stereocenters. The summed E-state index contributed by atoms with van der Waals surface area (Å²) in [5.41, 5.74) is 10.8. The largest absolute Gasteiger partial charge is 0.264 e. The molecule has 8 aromatic heterocycles. The van der Waals surface area contributed by atoms with Crippen molar-refractivity contribution in [2.75, 3.05) is 0 Å². The Bertz CT molecular complexity index is 4680. The minimum atomic E-state index is 0.0179. The van der Waals surface area contributed by atoms with Gasteiger partial charge in [-0.3, -0.25) is 15.0 Å². The van der Waals surface area contributed by atoms with Gasteiger partial charge in [-0.15, -0.1) is 0 Å². The number of aromatic nitrogens is 13. The van der Waals surface area contributed by atoms with Crippen molar-refractivity contribution < 1.29 is 0 Å². The smallest absolute Gasteiger partial charge is 0.134 e. The van der Waals surface area contributed by atoms with Gasteiger partial charge < -0.3 is 0 Å². The molecule has 0 aliphatic carbocycles. The lowest BCUT2D eigenvalue weighted by molar-refractivity contribution is 0.548.